The van der Waals surface area contributed by atoms with Crippen molar-refractivity contribution in [2.45, 2.75) is 39.2 Å². The van der Waals surface area contributed by atoms with Gasteiger partial charge in [0.1, 0.15) is 5.82 Å². The van der Waals surface area contributed by atoms with E-state index in [0.717, 1.165) is 40.8 Å². The Bertz CT molecular complexity index is 1110. The summed E-state index contributed by atoms with van der Waals surface area (Å²) in [5.74, 6) is -0.219. The van der Waals surface area contributed by atoms with Crippen molar-refractivity contribution >= 4 is 33.5 Å². The summed E-state index contributed by atoms with van der Waals surface area (Å²) in [4.78, 5) is 20.7. The lowest BCUT2D eigenvalue weighted by molar-refractivity contribution is 0.0827. The van der Waals surface area contributed by atoms with Gasteiger partial charge in [-0.3, -0.25) is 14.7 Å². The molecule has 0 N–H and O–H groups in total. The van der Waals surface area contributed by atoms with E-state index >= 15 is 4.39 Å². The molecule has 168 valence electrons. The molecule has 1 aliphatic heterocycles. The van der Waals surface area contributed by atoms with Gasteiger partial charge in [-0.15, -0.1) is 0 Å². The van der Waals surface area contributed by atoms with Gasteiger partial charge in [0.2, 0.25) is 0 Å². The van der Waals surface area contributed by atoms with Crippen LogP contribution in [-0.4, -0.2) is 53.9 Å². The molecule has 2 aromatic rings. The van der Waals surface area contributed by atoms with Crippen molar-refractivity contribution in [3.8, 4) is 0 Å². The average Bonchev–Trinajstić information content (AvgIpc) is 3.10. The van der Waals surface area contributed by atoms with Crippen molar-refractivity contribution in [1.82, 2.24) is 14.8 Å². The van der Waals surface area contributed by atoms with Crippen LogP contribution in [0.2, 0.25) is 0 Å². The van der Waals surface area contributed by atoms with E-state index in [1.807, 2.05) is 19.2 Å². The van der Waals surface area contributed by atoms with Gasteiger partial charge in [-0.25, -0.2) is 4.39 Å². The molecule has 1 aliphatic carbocycles. The molecule has 32 heavy (non-hydrogen) atoms. The maximum absolute atomic E-state index is 15.0. The fraction of sp³-hybridized carbons (Fsp3) is 0.385. The minimum atomic E-state index is -0.318. The third-order valence-electron chi connectivity index (χ3n) is 6.72. The summed E-state index contributed by atoms with van der Waals surface area (Å²) in [5.41, 5.74) is 6.53. The van der Waals surface area contributed by atoms with Crippen LogP contribution in [0.25, 0.3) is 11.6 Å². The Morgan fingerprint density at radius 2 is 2.09 bits per heavy atom. The number of amides is 1. The number of benzene rings is 1. The van der Waals surface area contributed by atoms with Crippen LogP contribution in [0.3, 0.4) is 0 Å². The Balaban J connectivity index is 1.53. The summed E-state index contributed by atoms with van der Waals surface area (Å²) < 4.78 is 16.1. The summed E-state index contributed by atoms with van der Waals surface area (Å²) >= 11 is 3.65. The molecule has 0 saturated carbocycles. The van der Waals surface area contributed by atoms with Gasteiger partial charge >= 0.3 is 0 Å². The molecule has 1 aromatic carbocycles. The summed E-state index contributed by atoms with van der Waals surface area (Å²) in [5, 5.41) is 0. The minimum Gasteiger partial charge on any atom is -0.345 e. The van der Waals surface area contributed by atoms with E-state index in [1.165, 1.54) is 22.1 Å². The molecule has 0 fully saturated rings. The number of rotatable bonds is 4. The fourth-order valence-electron chi connectivity index (χ4n) is 4.89. The Morgan fingerprint density at radius 3 is 2.69 bits per heavy atom. The molecule has 0 bridgehead atoms. The van der Waals surface area contributed by atoms with Gasteiger partial charge in [-0.2, -0.15) is 0 Å². The predicted octanol–water partition coefficient (Wildman–Crippen LogP) is 5.67. The van der Waals surface area contributed by atoms with Crippen molar-refractivity contribution in [2.24, 2.45) is 0 Å². The minimum absolute atomic E-state index is 0.183. The number of aryl methyl sites for hydroxylation is 1. The third kappa shape index (κ3) is 4.06. The molecule has 6 heteroatoms. The summed E-state index contributed by atoms with van der Waals surface area (Å²) in [7, 11) is 3.35. The van der Waals surface area contributed by atoms with Gasteiger partial charge < -0.3 is 4.90 Å². The van der Waals surface area contributed by atoms with E-state index in [1.54, 1.807) is 20.2 Å². The van der Waals surface area contributed by atoms with E-state index in [4.69, 9.17) is 0 Å². The number of pyridine rings is 1. The number of carbonyl (C=O) groups is 1. The smallest absolute Gasteiger partial charge is 0.253 e. The lowest BCUT2D eigenvalue weighted by Gasteiger charge is -2.34. The monoisotopic (exact) mass is 497 g/mol. The van der Waals surface area contributed by atoms with Gasteiger partial charge in [-0.1, -0.05) is 35.0 Å². The summed E-state index contributed by atoms with van der Waals surface area (Å²) in [6.45, 7) is 7.97. The second-order valence-corrected chi connectivity index (χ2v) is 9.81. The Hall–Kier alpha value is -2.31. The van der Waals surface area contributed by atoms with Crippen LogP contribution in [0.1, 0.15) is 58.9 Å². The highest BCUT2D eigenvalue weighted by molar-refractivity contribution is 9.10. The van der Waals surface area contributed by atoms with Gasteiger partial charge in [-0.05, 0) is 55.2 Å². The van der Waals surface area contributed by atoms with Gasteiger partial charge in [0.05, 0.1) is 5.69 Å². The van der Waals surface area contributed by atoms with Crippen LogP contribution < -0.4 is 0 Å². The summed E-state index contributed by atoms with van der Waals surface area (Å²) in [6, 6.07) is 5.42. The lowest BCUT2D eigenvalue weighted by atomic mass is 9.91. The molecule has 1 amide bonds. The first kappa shape index (κ1) is 22.9. The van der Waals surface area contributed by atoms with Gasteiger partial charge in [0.25, 0.3) is 5.91 Å². The molecule has 4 rings (SSSR count). The van der Waals surface area contributed by atoms with Gasteiger partial charge in [0, 0.05) is 66.5 Å². The van der Waals surface area contributed by atoms with Crippen molar-refractivity contribution in [3.05, 3.63) is 74.3 Å². The molecule has 1 unspecified atom stereocenters. The van der Waals surface area contributed by atoms with E-state index in [0.29, 0.717) is 11.1 Å². The summed E-state index contributed by atoms with van der Waals surface area (Å²) in [6.07, 6.45) is 7.04. The van der Waals surface area contributed by atoms with Crippen LogP contribution in [0.5, 0.6) is 0 Å². The highest BCUT2D eigenvalue weighted by atomic mass is 79.9. The first-order valence-electron chi connectivity index (χ1n) is 11.0. The molecule has 0 radical (unpaired) electrons. The highest BCUT2D eigenvalue weighted by Crippen LogP contribution is 2.41. The number of aromatic nitrogens is 1. The molecule has 2 aliphatic rings. The van der Waals surface area contributed by atoms with Crippen LogP contribution in [0.15, 0.2) is 40.5 Å². The first-order chi connectivity index (χ1) is 15.2. The second-order valence-electron chi connectivity index (χ2n) is 8.96. The molecule has 1 aromatic heterocycles. The fourth-order valence-corrected chi connectivity index (χ4v) is 5.33. The zero-order chi connectivity index (χ0) is 23.2. The van der Waals surface area contributed by atoms with Crippen molar-refractivity contribution < 1.29 is 9.18 Å². The Kier molecular flexibility index (Phi) is 6.37. The average molecular weight is 498 g/mol. The molecular formula is C26H29BrFN3O. The van der Waals surface area contributed by atoms with E-state index in [-0.39, 0.29) is 23.7 Å². The number of hydrogen-bond donors (Lipinski definition) is 0. The number of nitrogens with zero attached hydrogens (tertiary/aromatic N) is 3. The van der Waals surface area contributed by atoms with Crippen molar-refractivity contribution in [3.63, 3.8) is 0 Å². The topological polar surface area (TPSA) is 36.4 Å². The SMILES string of the molecule is Cc1cc(C(=O)N(C)C)cc(F)c1C1=CCN(C(C)C2=Cc3c(Br)ccnc3[C@@H]2C)CC1. The molecule has 2 heterocycles. The molecule has 4 nitrogen and oxygen atoms in total. The second kappa shape index (κ2) is 8.91. The van der Waals surface area contributed by atoms with Crippen LogP contribution in [0, 0.1) is 12.7 Å². The molecule has 2 atom stereocenters. The van der Waals surface area contributed by atoms with Crippen LogP contribution >= 0.6 is 15.9 Å². The standard InChI is InChI=1S/C26H29BrFN3O/c1-15-12-19(26(32)30(4)5)13-23(28)24(15)18-7-10-31(11-8-18)17(3)20-14-21-22(27)6-9-29-25(21)16(20)2/h6-7,9,12-14,16-17H,8,10-11H2,1-5H3/t16-,17?/m1/s1. The molecule has 0 saturated heterocycles. The molecule has 0 spiro atoms. The number of fused-ring (bicyclic) bond motifs is 1. The van der Waals surface area contributed by atoms with Crippen molar-refractivity contribution in [2.75, 3.05) is 27.2 Å². The lowest BCUT2D eigenvalue weighted by Crippen LogP contribution is -2.38. The van der Waals surface area contributed by atoms with Crippen molar-refractivity contribution in [1.29, 1.82) is 0 Å². The Labute approximate surface area is 198 Å². The van der Waals surface area contributed by atoms with Gasteiger partial charge in [0.15, 0.2) is 0 Å². The van der Waals surface area contributed by atoms with E-state index in [2.05, 4.69) is 51.8 Å². The zero-order valence-electron chi connectivity index (χ0n) is 19.2. The number of halogens is 2. The Morgan fingerprint density at radius 1 is 1.34 bits per heavy atom. The third-order valence-corrected chi connectivity index (χ3v) is 7.41. The normalized spacial score (nSPS) is 19.3. The largest absolute Gasteiger partial charge is 0.345 e. The maximum atomic E-state index is 15.0. The number of hydrogen-bond acceptors (Lipinski definition) is 3. The highest BCUT2D eigenvalue weighted by Gasteiger charge is 2.31. The maximum Gasteiger partial charge on any atom is 0.253 e. The first-order valence-corrected chi connectivity index (χ1v) is 11.8. The van der Waals surface area contributed by atoms with E-state index < -0.39 is 0 Å². The van der Waals surface area contributed by atoms with E-state index in [9.17, 15) is 4.79 Å². The number of carbonyl (C=O) groups excluding carboxylic acids is 1. The predicted molar refractivity (Wildman–Crippen MR) is 131 cm³/mol. The molecular weight excluding hydrogens is 469 g/mol. The quantitative estimate of drug-likeness (QED) is 0.545. The zero-order valence-corrected chi connectivity index (χ0v) is 20.8. The van der Waals surface area contributed by atoms with Crippen LogP contribution in [0.4, 0.5) is 4.39 Å². The van der Waals surface area contributed by atoms with Crippen LogP contribution in [-0.2, 0) is 0 Å².